The molecule has 0 bridgehead atoms. The molecule has 3 amide bonds. The van der Waals surface area contributed by atoms with Crippen molar-refractivity contribution in [2.24, 2.45) is 5.92 Å². The zero-order chi connectivity index (χ0) is 20.2. The van der Waals surface area contributed by atoms with E-state index in [-0.39, 0.29) is 42.2 Å². The van der Waals surface area contributed by atoms with Gasteiger partial charge in [-0.05, 0) is 37.8 Å². The van der Waals surface area contributed by atoms with Crippen LogP contribution in [0.5, 0.6) is 0 Å². The lowest BCUT2D eigenvalue weighted by atomic mass is 10.1. The fourth-order valence-electron chi connectivity index (χ4n) is 4.61. The molecule has 1 aromatic carbocycles. The number of hydrogen-bond donors (Lipinski definition) is 2. The number of amides is 3. The number of hydrogen-bond acceptors (Lipinski definition) is 4. The maximum Gasteiger partial charge on any atom is 0.253 e. The highest BCUT2D eigenvalue weighted by molar-refractivity contribution is 6.05. The van der Waals surface area contributed by atoms with E-state index in [9.17, 15) is 14.4 Å². The van der Waals surface area contributed by atoms with E-state index in [0.29, 0.717) is 24.3 Å². The Hall–Kier alpha value is -2.41. The van der Waals surface area contributed by atoms with E-state index in [1.807, 2.05) is 4.90 Å². The normalized spacial score (nSPS) is 24.8. The summed E-state index contributed by atoms with van der Waals surface area (Å²) >= 11 is 0. The van der Waals surface area contributed by atoms with Crippen LogP contribution in [0.15, 0.2) is 24.3 Å². The van der Waals surface area contributed by atoms with Crippen LogP contribution in [0.2, 0.25) is 0 Å². The van der Waals surface area contributed by atoms with Crippen molar-refractivity contribution in [3.05, 3.63) is 29.8 Å². The maximum absolute atomic E-state index is 12.8. The number of carbonyl (C=O) groups excluding carboxylic acids is 3. The second-order valence-corrected chi connectivity index (χ2v) is 8.27. The van der Waals surface area contributed by atoms with Gasteiger partial charge < -0.3 is 20.3 Å². The maximum atomic E-state index is 12.8. The third-order valence-electron chi connectivity index (χ3n) is 6.24. The Labute approximate surface area is 171 Å². The number of carbonyl (C=O) groups is 3. The standard InChI is InChI=1S/C22H29N3O4/c26-20-12-15(14-25(20)16-6-1-2-7-16)21(27)24-19-10-4-3-9-18(19)22(28)23-13-17-8-5-11-29-17/h3-4,9-10,15-17H,1-2,5-8,11-14H2,(H,23,28)(H,24,27)/t15-,17+/m1/s1. The Morgan fingerprint density at radius 2 is 1.90 bits per heavy atom. The Morgan fingerprint density at radius 1 is 1.10 bits per heavy atom. The molecule has 0 unspecified atom stereocenters. The monoisotopic (exact) mass is 399 g/mol. The van der Waals surface area contributed by atoms with Gasteiger partial charge in [-0.2, -0.15) is 0 Å². The number of likely N-dealkylation sites (tertiary alicyclic amines) is 1. The van der Waals surface area contributed by atoms with Crippen LogP contribution in [0, 0.1) is 5.92 Å². The van der Waals surface area contributed by atoms with Gasteiger partial charge in [-0.3, -0.25) is 14.4 Å². The predicted octanol–water partition coefficient (Wildman–Crippen LogP) is 2.33. The number of ether oxygens (including phenoxy) is 1. The smallest absolute Gasteiger partial charge is 0.253 e. The molecule has 0 radical (unpaired) electrons. The van der Waals surface area contributed by atoms with Gasteiger partial charge >= 0.3 is 0 Å². The summed E-state index contributed by atoms with van der Waals surface area (Å²) in [4.78, 5) is 39.7. The lowest BCUT2D eigenvalue weighted by Gasteiger charge is -2.24. The van der Waals surface area contributed by atoms with E-state index < -0.39 is 0 Å². The first-order valence-electron chi connectivity index (χ1n) is 10.7. The molecule has 2 aliphatic heterocycles. The minimum Gasteiger partial charge on any atom is -0.376 e. The Bertz CT molecular complexity index is 769. The minimum absolute atomic E-state index is 0.0618. The lowest BCUT2D eigenvalue weighted by molar-refractivity contribution is -0.129. The number of nitrogens with one attached hydrogen (secondary N) is 2. The first-order valence-corrected chi connectivity index (χ1v) is 10.7. The number of nitrogens with zero attached hydrogens (tertiary/aromatic N) is 1. The molecule has 3 fully saturated rings. The molecule has 7 nitrogen and oxygen atoms in total. The first kappa shape index (κ1) is 19.9. The molecule has 2 saturated heterocycles. The van der Waals surface area contributed by atoms with Gasteiger partial charge in [0.25, 0.3) is 5.91 Å². The van der Waals surface area contributed by atoms with E-state index in [2.05, 4.69) is 10.6 Å². The molecular formula is C22H29N3O4. The van der Waals surface area contributed by atoms with Crippen LogP contribution in [-0.2, 0) is 14.3 Å². The van der Waals surface area contributed by atoms with Gasteiger partial charge in [-0.15, -0.1) is 0 Å². The van der Waals surface area contributed by atoms with Crippen LogP contribution >= 0.6 is 0 Å². The van der Waals surface area contributed by atoms with Gasteiger partial charge in [-0.25, -0.2) is 0 Å². The van der Waals surface area contributed by atoms with Crippen molar-refractivity contribution in [1.29, 1.82) is 0 Å². The highest BCUT2D eigenvalue weighted by Crippen LogP contribution is 2.30. The fraction of sp³-hybridized carbons (Fsp3) is 0.591. The van der Waals surface area contributed by atoms with Crippen LogP contribution < -0.4 is 10.6 Å². The van der Waals surface area contributed by atoms with E-state index in [1.165, 1.54) is 0 Å². The number of rotatable bonds is 6. The number of para-hydroxylation sites is 1. The Balaban J connectivity index is 1.37. The summed E-state index contributed by atoms with van der Waals surface area (Å²) in [6.45, 7) is 1.68. The van der Waals surface area contributed by atoms with E-state index in [1.54, 1.807) is 24.3 Å². The summed E-state index contributed by atoms with van der Waals surface area (Å²) in [6.07, 6.45) is 6.65. The highest BCUT2D eigenvalue weighted by Gasteiger charge is 2.38. The van der Waals surface area contributed by atoms with Gasteiger partial charge in [0.15, 0.2) is 0 Å². The van der Waals surface area contributed by atoms with Crippen LogP contribution in [0.1, 0.15) is 55.3 Å². The largest absolute Gasteiger partial charge is 0.376 e. The van der Waals surface area contributed by atoms with Gasteiger partial charge in [0.2, 0.25) is 11.8 Å². The fourth-order valence-corrected chi connectivity index (χ4v) is 4.61. The summed E-state index contributed by atoms with van der Waals surface area (Å²) in [7, 11) is 0. The van der Waals surface area contributed by atoms with Crippen molar-refractivity contribution < 1.29 is 19.1 Å². The van der Waals surface area contributed by atoms with Crippen LogP contribution in [0.4, 0.5) is 5.69 Å². The van der Waals surface area contributed by atoms with Crippen molar-refractivity contribution in [2.45, 2.75) is 57.1 Å². The average molecular weight is 399 g/mol. The average Bonchev–Trinajstić information content (AvgIpc) is 3.48. The molecule has 156 valence electrons. The molecule has 3 aliphatic rings. The predicted molar refractivity (Wildman–Crippen MR) is 108 cm³/mol. The molecule has 1 saturated carbocycles. The van der Waals surface area contributed by atoms with Gasteiger partial charge in [-0.1, -0.05) is 25.0 Å². The third kappa shape index (κ3) is 4.61. The van der Waals surface area contributed by atoms with Gasteiger partial charge in [0.1, 0.15) is 0 Å². The third-order valence-corrected chi connectivity index (χ3v) is 6.24. The van der Waals surface area contributed by atoms with E-state index in [4.69, 9.17) is 4.74 Å². The highest BCUT2D eigenvalue weighted by atomic mass is 16.5. The van der Waals surface area contributed by atoms with Crippen molar-refractivity contribution in [1.82, 2.24) is 10.2 Å². The topological polar surface area (TPSA) is 87.7 Å². The second kappa shape index (κ2) is 8.95. The molecule has 0 aromatic heterocycles. The molecule has 1 aliphatic carbocycles. The number of benzene rings is 1. The SMILES string of the molecule is O=C(NC[C@@H]1CCCO1)c1ccccc1NC(=O)[C@@H]1CC(=O)N(C2CCCC2)C1. The zero-order valence-electron chi connectivity index (χ0n) is 16.7. The molecule has 7 heteroatoms. The minimum atomic E-state index is -0.369. The molecule has 2 N–H and O–H groups in total. The summed E-state index contributed by atoms with van der Waals surface area (Å²) in [5.41, 5.74) is 0.907. The van der Waals surface area contributed by atoms with Crippen molar-refractivity contribution >= 4 is 23.4 Å². The summed E-state index contributed by atoms with van der Waals surface area (Å²) in [6, 6.07) is 7.28. The zero-order valence-corrected chi connectivity index (χ0v) is 16.7. The van der Waals surface area contributed by atoms with Crippen LogP contribution in [-0.4, -0.2) is 54.5 Å². The molecule has 2 heterocycles. The Morgan fingerprint density at radius 3 is 2.66 bits per heavy atom. The molecule has 29 heavy (non-hydrogen) atoms. The second-order valence-electron chi connectivity index (χ2n) is 8.27. The van der Waals surface area contributed by atoms with Crippen molar-refractivity contribution in [3.63, 3.8) is 0 Å². The summed E-state index contributed by atoms with van der Waals surface area (Å²) in [5.74, 6) is -0.726. The van der Waals surface area contributed by atoms with Crippen molar-refractivity contribution in [2.75, 3.05) is 25.0 Å². The first-order chi connectivity index (χ1) is 14.1. The quantitative estimate of drug-likeness (QED) is 0.769. The van der Waals surface area contributed by atoms with Crippen molar-refractivity contribution in [3.8, 4) is 0 Å². The molecule has 1 aromatic rings. The molecule has 2 atom stereocenters. The molecule has 0 spiro atoms. The summed E-state index contributed by atoms with van der Waals surface area (Å²) in [5, 5.41) is 5.78. The van der Waals surface area contributed by atoms with Crippen LogP contribution in [0.3, 0.4) is 0 Å². The van der Waals surface area contributed by atoms with E-state index in [0.717, 1.165) is 45.1 Å². The van der Waals surface area contributed by atoms with Gasteiger partial charge in [0, 0.05) is 32.2 Å². The van der Waals surface area contributed by atoms with Gasteiger partial charge in [0.05, 0.1) is 23.3 Å². The van der Waals surface area contributed by atoms with E-state index >= 15 is 0 Å². The lowest BCUT2D eigenvalue weighted by Crippen LogP contribution is -2.36. The van der Waals surface area contributed by atoms with Crippen LogP contribution in [0.25, 0.3) is 0 Å². The molecule has 4 rings (SSSR count). The Kier molecular flexibility index (Phi) is 6.13. The molecular weight excluding hydrogens is 370 g/mol. The number of anilines is 1. The summed E-state index contributed by atoms with van der Waals surface area (Å²) < 4.78 is 5.54.